The highest BCUT2D eigenvalue weighted by Crippen LogP contribution is 2.42. The number of rotatable bonds is 3. The van der Waals surface area contributed by atoms with Crippen LogP contribution in [0.5, 0.6) is 5.75 Å². The smallest absolute Gasteiger partial charge is 0.416 e. The van der Waals surface area contributed by atoms with Crippen LogP contribution in [0.25, 0.3) is 11.3 Å². The molecule has 1 saturated heterocycles. The van der Waals surface area contributed by atoms with Gasteiger partial charge in [0.2, 0.25) is 0 Å². The summed E-state index contributed by atoms with van der Waals surface area (Å²) < 4.78 is 38.5. The van der Waals surface area contributed by atoms with Crippen LogP contribution in [0, 0.1) is 0 Å². The van der Waals surface area contributed by atoms with E-state index in [-0.39, 0.29) is 11.6 Å². The van der Waals surface area contributed by atoms with Gasteiger partial charge < -0.3 is 15.7 Å². The molecule has 0 bridgehead atoms. The zero-order chi connectivity index (χ0) is 19.0. The topological polar surface area (TPSA) is 70.1 Å². The Morgan fingerprint density at radius 1 is 1.19 bits per heavy atom. The van der Waals surface area contributed by atoms with Crippen molar-refractivity contribution in [1.82, 2.24) is 15.5 Å². The van der Waals surface area contributed by atoms with Crippen molar-refractivity contribution in [1.29, 1.82) is 0 Å². The first-order chi connectivity index (χ1) is 12.9. The van der Waals surface area contributed by atoms with E-state index in [1.165, 1.54) is 6.07 Å². The summed E-state index contributed by atoms with van der Waals surface area (Å²) >= 11 is 1.70. The lowest BCUT2D eigenvalue weighted by molar-refractivity contribution is -0.137. The van der Waals surface area contributed by atoms with Gasteiger partial charge in [-0.1, -0.05) is 0 Å². The van der Waals surface area contributed by atoms with Crippen molar-refractivity contribution in [3.63, 3.8) is 0 Å². The Morgan fingerprint density at radius 2 is 2.00 bits per heavy atom. The van der Waals surface area contributed by atoms with Gasteiger partial charge in [0.15, 0.2) is 5.82 Å². The standard InChI is InChI=1S/C18H19F3N4OS/c19-18(20,21)10-3-4-12(15(26)6-10)16-13-8-27-9-14(13)17(25-24-16)23-11-2-1-5-22-7-11/h3-4,6,11,22,26H,1-2,5,7-9H2,(H,23,25)/t11-/m1/s1. The van der Waals surface area contributed by atoms with Gasteiger partial charge in [0, 0.05) is 35.2 Å². The fraction of sp³-hybridized carbons (Fsp3) is 0.444. The second-order valence-corrected chi connectivity index (χ2v) is 7.75. The molecule has 1 aromatic heterocycles. The molecule has 1 fully saturated rings. The lowest BCUT2D eigenvalue weighted by Crippen LogP contribution is -2.38. The Hall–Kier alpha value is -2.00. The predicted molar refractivity (Wildman–Crippen MR) is 98.6 cm³/mol. The molecule has 1 atom stereocenters. The minimum absolute atomic E-state index is 0.278. The summed E-state index contributed by atoms with van der Waals surface area (Å²) in [6.45, 7) is 1.88. The third-order valence-corrected chi connectivity index (χ3v) is 5.88. The molecule has 0 spiro atoms. The number of halogens is 3. The number of alkyl halides is 3. The Kier molecular flexibility index (Phi) is 4.90. The van der Waals surface area contributed by atoms with Crippen LogP contribution in [-0.4, -0.2) is 34.4 Å². The van der Waals surface area contributed by atoms with Crippen molar-refractivity contribution < 1.29 is 18.3 Å². The van der Waals surface area contributed by atoms with Crippen LogP contribution in [0.2, 0.25) is 0 Å². The molecule has 144 valence electrons. The summed E-state index contributed by atoms with van der Waals surface area (Å²) in [5.74, 6) is 1.76. The molecule has 0 radical (unpaired) electrons. The van der Waals surface area contributed by atoms with Gasteiger partial charge in [0.1, 0.15) is 11.4 Å². The summed E-state index contributed by atoms with van der Waals surface area (Å²) in [7, 11) is 0. The first-order valence-corrected chi connectivity index (χ1v) is 9.93. The molecular formula is C18H19F3N4OS. The molecule has 3 N–H and O–H groups in total. The molecule has 2 aromatic rings. The van der Waals surface area contributed by atoms with Crippen LogP contribution in [0.3, 0.4) is 0 Å². The zero-order valence-electron chi connectivity index (χ0n) is 14.4. The van der Waals surface area contributed by atoms with E-state index in [2.05, 4.69) is 20.8 Å². The maximum Gasteiger partial charge on any atom is 0.416 e. The van der Waals surface area contributed by atoms with Crippen molar-refractivity contribution in [2.45, 2.75) is 36.6 Å². The summed E-state index contributed by atoms with van der Waals surface area (Å²) in [6.07, 6.45) is -2.35. The second-order valence-electron chi connectivity index (χ2n) is 6.76. The number of hydrogen-bond acceptors (Lipinski definition) is 6. The van der Waals surface area contributed by atoms with Gasteiger partial charge in [0.05, 0.1) is 5.56 Å². The third-order valence-electron chi connectivity index (χ3n) is 4.90. The van der Waals surface area contributed by atoms with Crippen LogP contribution in [-0.2, 0) is 17.7 Å². The van der Waals surface area contributed by atoms with Crippen molar-refractivity contribution in [3.8, 4) is 17.0 Å². The van der Waals surface area contributed by atoms with Gasteiger partial charge in [0.25, 0.3) is 0 Å². The average Bonchev–Trinajstić information content (AvgIpc) is 3.13. The number of nitrogens with one attached hydrogen (secondary N) is 2. The number of thioether (sulfide) groups is 1. The van der Waals surface area contributed by atoms with Gasteiger partial charge in [-0.15, -0.1) is 10.2 Å². The molecule has 1 aromatic carbocycles. The van der Waals surface area contributed by atoms with E-state index in [4.69, 9.17) is 0 Å². The van der Waals surface area contributed by atoms with Crippen molar-refractivity contribution in [2.24, 2.45) is 0 Å². The summed E-state index contributed by atoms with van der Waals surface area (Å²) in [5, 5.41) is 25.5. The lowest BCUT2D eigenvalue weighted by Gasteiger charge is -2.25. The lowest BCUT2D eigenvalue weighted by atomic mass is 10.0. The van der Waals surface area contributed by atoms with Crippen molar-refractivity contribution >= 4 is 17.6 Å². The maximum atomic E-state index is 12.8. The number of benzene rings is 1. The van der Waals surface area contributed by atoms with Gasteiger partial charge >= 0.3 is 6.18 Å². The summed E-state index contributed by atoms with van der Waals surface area (Å²) in [6, 6.07) is 3.26. The van der Waals surface area contributed by atoms with Crippen LogP contribution in [0.4, 0.5) is 19.0 Å². The molecule has 9 heteroatoms. The summed E-state index contributed by atoms with van der Waals surface area (Å²) in [5.41, 5.74) is 1.80. The maximum absolute atomic E-state index is 12.8. The molecule has 0 amide bonds. The van der Waals surface area contributed by atoms with E-state index in [9.17, 15) is 18.3 Å². The average molecular weight is 396 g/mol. The third kappa shape index (κ3) is 3.70. The molecule has 3 heterocycles. The molecule has 5 nitrogen and oxygen atoms in total. The van der Waals surface area contributed by atoms with Crippen LogP contribution >= 0.6 is 11.8 Å². The number of aromatic hydroxyl groups is 1. The van der Waals surface area contributed by atoms with Gasteiger partial charge in [-0.05, 0) is 43.1 Å². The highest BCUT2D eigenvalue weighted by molar-refractivity contribution is 7.98. The van der Waals surface area contributed by atoms with Crippen LogP contribution in [0.1, 0.15) is 29.5 Å². The highest BCUT2D eigenvalue weighted by Gasteiger charge is 2.32. The van der Waals surface area contributed by atoms with E-state index in [0.29, 0.717) is 11.4 Å². The highest BCUT2D eigenvalue weighted by atomic mass is 32.2. The Bertz CT molecular complexity index is 853. The minimum atomic E-state index is -4.50. The molecule has 4 rings (SSSR count). The Labute approximate surface area is 158 Å². The first-order valence-electron chi connectivity index (χ1n) is 8.77. The van der Waals surface area contributed by atoms with E-state index < -0.39 is 17.5 Å². The SMILES string of the molecule is Oc1cc(C(F)(F)F)ccc1-c1nnc(N[C@@H]2CCCNC2)c2c1CSC2. The quantitative estimate of drug-likeness (QED) is 0.734. The van der Waals surface area contributed by atoms with E-state index in [1.54, 1.807) is 11.8 Å². The number of nitrogens with zero attached hydrogens (tertiary/aromatic N) is 2. The van der Waals surface area contributed by atoms with Gasteiger partial charge in [-0.2, -0.15) is 24.9 Å². The normalized spacial score (nSPS) is 19.7. The number of fused-ring (bicyclic) bond motifs is 1. The number of phenolic OH excluding ortho intramolecular Hbond substituents is 1. The number of piperidine rings is 1. The van der Waals surface area contributed by atoms with Crippen molar-refractivity contribution in [2.75, 3.05) is 18.4 Å². The number of hydrogen-bond donors (Lipinski definition) is 3. The Morgan fingerprint density at radius 3 is 2.70 bits per heavy atom. The largest absolute Gasteiger partial charge is 0.507 e. The second kappa shape index (κ2) is 7.20. The fourth-order valence-electron chi connectivity index (χ4n) is 3.48. The van der Waals surface area contributed by atoms with E-state index in [1.807, 2.05) is 0 Å². The molecule has 0 saturated carbocycles. The number of phenols is 1. The minimum Gasteiger partial charge on any atom is -0.507 e. The van der Waals surface area contributed by atoms with Crippen molar-refractivity contribution in [3.05, 3.63) is 34.9 Å². The monoisotopic (exact) mass is 396 g/mol. The van der Waals surface area contributed by atoms with E-state index in [0.717, 1.165) is 60.8 Å². The number of anilines is 1. The molecule has 0 unspecified atom stereocenters. The van der Waals surface area contributed by atoms with Crippen LogP contribution in [0.15, 0.2) is 18.2 Å². The Balaban J connectivity index is 1.68. The first kappa shape index (κ1) is 18.4. The molecule has 0 aliphatic carbocycles. The van der Waals surface area contributed by atoms with Gasteiger partial charge in [-0.25, -0.2) is 0 Å². The molecule has 2 aliphatic rings. The fourth-order valence-corrected chi connectivity index (χ4v) is 4.61. The molecule has 27 heavy (non-hydrogen) atoms. The molecular weight excluding hydrogens is 377 g/mol. The molecule has 2 aliphatic heterocycles. The zero-order valence-corrected chi connectivity index (χ0v) is 15.3. The van der Waals surface area contributed by atoms with Crippen LogP contribution < -0.4 is 10.6 Å². The van der Waals surface area contributed by atoms with E-state index >= 15 is 0 Å². The number of aromatic nitrogens is 2. The van der Waals surface area contributed by atoms with Gasteiger partial charge in [-0.3, -0.25) is 0 Å². The predicted octanol–water partition coefficient (Wildman–Crippen LogP) is 3.78. The summed E-state index contributed by atoms with van der Waals surface area (Å²) in [4.78, 5) is 0.